The molecule has 0 heterocycles. The molecule has 2 N–H and O–H groups in total. The highest BCUT2D eigenvalue weighted by Gasteiger charge is 2.10. The average molecular weight is 289 g/mol. The molecule has 4 nitrogen and oxygen atoms in total. The summed E-state index contributed by atoms with van der Waals surface area (Å²) in [6.45, 7) is -2.64. The Morgan fingerprint density at radius 1 is 1.53 bits per heavy atom. The molecule has 0 spiro atoms. The molecule has 1 aromatic carbocycles. The highest BCUT2D eigenvalue weighted by molar-refractivity contribution is 6.32. The number of rotatable bonds is 6. The van der Waals surface area contributed by atoms with E-state index in [1.165, 1.54) is 18.2 Å². The van der Waals surface area contributed by atoms with Crippen LogP contribution in [0, 0.1) is 12.3 Å². The minimum Gasteiger partial charge on any atom is -0.433 e. The molecule has 0 aliphatic rings. The Morgan fingerprint density at radius 2 is 2.26 bits per heavy atom. The van der Waals surface area contributed by atoms with Crippen LogP contribution in [-0.4, -0.2) is 25.6 Å². The van der Waals surface area contributed by atoms with Crippen molar-refractivity contribution in [3.63, 3.8) is 0 Å². The number of nitrogens with one attached hydrogen (secondary N) is 2. The van der Waals surface area contributed by atoms with Gasteiger partial charge in [-0.05, 0) is 18.2 Å². The summed E-state index contributed by atoms with van der Waals surface area (Å²) in [4.78, 5) is 11.4. The fraction of sp³-hybridized carbons (Fsp3) is 0.250. The number of amides is 1. The number of hydrogen-bond donors (Lipinski definition) is 2. The van der Waals surface area contributed by atoms with Crippen molar-refractivity contribution in [1.29, 1.82) is 0 Å². The van der Waals surface area contributed by atoms with Crippen molar-refractivity contribution in [1.82, 2.24) is 5.32 Å². The van der Waals surface area contributed by atoms with E-state index in [1.54, 1.807) is 0 Å². The zero-order chi connectivity index (χ0) is 14.3. The average Bonchev–Trinajstić information content (AvgIpc) is 2.32. The van der Waals surface area contributed by atoms with Crippen molar-refractivity contribution in [2.24, 2.45) is 0 Å². The number of anilines is 1. The first-order chi connectivity index (χ1) is 9.02. The Hall–Kier alpha value is -1.84. The monoisotopic (exact) mass is 288 g/mol. The van der Waals surface area contributed by atoms with Crippen LogP contribution in [-0.2, 0) is 4.79 Å². The van der Waals surface area contributed by atoms with Crippen molar-refractivity contribution in [3.8, 4) is 18.1 Å². The zero-order valence-electron chi connectivity index (χ0n) is 9.75. The maximum atomic E-state index is 12.0. The third kappa shape index (κ3) is 5.55. The summed E-state index contributed by atoms with van der Waals surface area (Å²) in [5.74, 6) is 1.84. The fourth-order valence-electron chi connectivity index (χ4n) is 1.22. The lowest BCUT2D eigenvalue weighted by molar-refractivity contribution is -0.115. The molecule has 0 atom stereocenters. The van der Waals surface area contributed by atoms with Crippen LogP contribution in [0.5, 0.6) is 5.75 Å². The molecule has 0 bridgehead atoms. The third-order valence-electron chi connectivity index (χ3n) is 1.94. The van der Waals surface area contributed by atoms with Crippen molar-refractivity contribution >= 4 is 23.2 Å². The summed E-state index contributed by atoms with van der Waals surface area (Å²) in [7, 11) is 0. The van der Waals surface area contributed by atoms with E-state index in [1.807, 2.05) is 0 Å². The number of carbonyl (C=O) groups is 1. The maximum Gasteiger partial charge on any atom is 0.387 e. The van der Waals surface area contributed by atoms with E-state index in [0.717, 1.165) is 0 Å². The molecule has 102 valence electrons. The molecule has 0 unspecified atom stereocenters. The summed E-state index contributed by atoms with van der Waals surface area (Å²) < 4.78 is 28.2. The summed E-state index contributed by atoms with van der Waals surface area (Å²) in [6, 6.07) is 3.97. The van der Waals surface area contributed by atoms with Crippen molar-refractivity contribution in [2.75, 3.05) is 18.4 Å². The SMILES string of the molecule is C#CCNCC(=O)Nc1ccc(OC(F)F)c(Cl)c1. The molecular weight excluding hydrogens is 278 g/mol. The molecule has 1 amide bonds. The third-order valence-corrected chi connectivity index (χ3v) is 2.24. The lowest BCUT2D eigenvalue weighted by Crippen LogP contribution is -2.28. The van der Waals surface area contributed by atoms with Gasteiger partial charge in [-0.3, -0.25) is 10.1 Å². The molecule has 0 fully saturated rings. The first-order valence-electron chi connectivity index (χ1n) is 5.21. The first kappa shape index (κ1) is 15.2. The second-order valence-corrected chi connectivity index (χ2v) is 3.79. The number of terminal acetylenes is 1. The molecule has 0 aliphatic heterocycles. The van der Waals surface area contributed by atoms with Gasteiger partial charge in [-0.25, -0.2) is 0 Å². The standard InChI is InChI=1S/C12H11ClF2N2O2/c1-2-5-16-7-11(18)17-8-3-4-10(9(13)6-8)19-12(14)15/h1,3-4,6,12,16H,5,7H2,(H,17,18). The normalized spacial score (nSPS) is 10.1. The van der Waals surface area contributed by atoms with Crippen LogP contribution in [0.15, 0.2) is 18.2 Å². The molecule has 0 aromatic heterocycles. The molecule has 19 heavy (non-hydrogen) atoms. The van der Waals surface area contributed by atoms with Gasteiger partial charge in [0.25, 0.3) is 0 Å². The minimum atomic E-state index is -2.95. The number of benzene rings is 1. The topological polar surface area (TPSA) is 50.4 Å². The van der Waals surface area contributed by atoms with E-state index < -0.39 is 6.61 Å². The molecule has 0 saturated carbocycles. The number of hydrogen-bond acceptors (Lipinski definition) is 3. The van der Waals surface area contributed by atoms with Crippen molar-refractivity contribution in [3.05, 3.63) is 23.2 Å². The molecule has 1 aromatic rings. The predicted molar refractivity (Wildman–Crippen MR) is 68.4 cm³/mol. The lowest BCUT2D eigenvalue weighted by atomic mass is 10.3. The van der Waals surface area contributed by atoms with Crippen LogP contribution in [0.3, 0.4) is 0 Å². The van der Waals surface area contributed by atoms with Gasteiger partial charge in [0, 0.05) is 5.69 Å². The van der Waals surface area contributed by atoms with Gasteiger partial charge in [0.05, 0.1) is 18.1 Å². The van der Waals surface area contributed by atoms with Crippen LogP contribution >= 0.6 is 11.6 Å². The van der Waals surface area contributed by atoms with E-state index in [0.29, 0.717) is 5.69 Å². The van der Waals surface area contributed by atoms with Crippen molar-refractivity contribution < 1.29 is 18.3 Å². The highest BCUT2D eigenvalue weighted by Crippen LogP contribution is 2.28. The molecule has 0 aliphatic carbocycles. The van der Waals surface area contributed by atoms with Crippen molar-refractivity contribution in [2.45, 2.75) is 6.61 Å². The highest BCUT2D eigenvalue weighted by atomic mass is 35.5. The Bertz CT molecular complexity index is 489. The van der Waals surface area contributed by atoms with E-state index in [9.17, 15) is 13.6 Å². The summed E-state index contributed by atoms with van der Waals surface area (Å²) in [5.41, 5.74) is 0.374. The number of alkyl halides is 2. The fourth-order valence-corrected chi connectivity index (χ4v) is 1.45. The van der Waals surface area contributed by atoms with Gasteiger partial charge in [0.15, 0.2) is 0 Å². The van der Waals surface area contributed by atoms with E-state index in [4.69, 9.17) is 18.0 Å². The van der Waals surface area contributed by atoms with Gasteiger partial charge in [-0.2, -0.15) is 8.78 Å². The maximum absolute atomic E-state index is 12.0. The van der Waals surface area contributed by atoms with Crippen LogP contribution in [0.1, 0.15) is 0 Å². The van der Waals surface area contributed by atoms with Gasteiger partial charge in [0.1, 0.15) is 5.75 Å². The number of ether oxygens (including phenoxy) is 1. The largest absolute Gasteiger partial charge is 0.433 e. The van der Waals surface area contributed by atoms with E-state index >= 15 is 0 Å². The van der Waals surface area contributed by atoms with Crippen LogP contribution in [0.4, 0.5) is 14.5 Å². The molecule has 7 heteroatoms. The van der Waals surface area contributed by atoms with Gasteiger partial charge in [-0.1, -0.05) is 17.5 Å². The minimum absolute atomic E-state index is 0.0188. The second-order valence-electron chi connectivity index (χ2n) is 3.38. The predicted octanol–water partition coefficient (Wildman–Crippen LogP) is 2.10. The van der Waals surface area contributed by atoms with Crippen LogP contribution in [0.2, 0.25) is 5.02 Å². The molecule has 1 rings (SSSR count). The Morgan fingerprint density at radius 3 is 2.84 bits per heavy atom. The molecule has 0 saturated heterocycles. The second kappa shape index (κ2) is 7.56. The van der Waals surface area contributed by atoms with Crippen LogP contribution in [0.25, 0.3) is 0 Å². The summed E-state index contributed by atoms with van der Waals surface area (Å²) >= 11 is 5.73. The lowest BCUT2D eigenvalue weighted by Gasteiger charge is -2.09. The first-order valence-corrected chi connectivity index (χ1v) is 5.59. The van der Waals surface area contributed by atoms with Gasteiger partial charge >= 0.3 is 6.61 Å². The molecule has 0 radical (unpaired) electrons. The number of halogens is 3. The Balaban J connectivity index is 2.58. The van der Waals surface area contributed by atoms with Gasteiger partial charge < -0.3 is 10.1 Å². The Kier molecular flexibility index (Phi) is 6.06. The van der Waals surface area contributed by atoms with Gasteiger partial charge in [0.2, 0.25) is 5.91 Å². The van der Waals surface area contributed by atoms with Gasteiger partial charge in [-0.15, -0.1) is 6.42 Å². The smallest absolute Gasteiger partial charge is 0.387 e. The summed E-state index contributed by atoms with van der Waals surface area (Å²) in [6.07, 6.45) is 5.01. The Labute approximate surface area is 114 Å². The summed E-state index contributed by atoms with van der Waals surface area (Å²) in [5, 5.41) is 5.21. The molecular formula is C12H11ClF2N2O2. The number of carbonyl (C=O) groups excluding carboxylic acids is 1. The quantitative estimate of drug-likeness (QED) is 0.623. The zero-order valence-corrected chi connectivity index (χ0v) is 10.5. The van der Waals surface area contributed by atoms with E-state index in [-0.39, 0.29) is 29.8 Å². The van der Waals surface area contributed by atoms with E-state index in [2.05, 4.69) is 21.3 Å². The van der Waals surface area contributed by atoms with Crippen LogP contribution < -0.4 is 15.4 Å².